The van der Waals surface area contributed by atoms with Crippen LogP contribution in [0.25, 0.3) is 0 Å². The van der Waals surface area contributed by atoms with Gasteiger partial charge in [-0.2, -0.15) is 0 Å². The fourth-order valence-corrected chi connectivity index (χ4v) is 2.00. The Morgan fingerprint density at radius 3 is 1.69 bits per heavy atom. The Kier molecular flexibility index (Phi) is 6.40. The molecule has 0 aromatic heterocycles. The van der Waals surface area contributed by atoms with E-state index in [-0.39, 0.29) is 0 Å². The maximum absolute atomic E-state index is 5.67. The largest absolute Gasteiger partial charge is 0.376 e. The Balaban J connectivity index is 0.000000671. The molecule has 1 nitrogen and oxygen atoms in total. The molecule has 2 unspecified atom stereocenters. The molecular weight excluding hydrogens is 160 g/mol. The van der Waals surface area contributed by atoms with Crippen molar-refractivity contribution in [2.45, 2.75) is 66.6 Å². The molecule has 1 saturated heterocycles. The Labute approximate surface area is 83.9 Å². The molecule has 0 spiro atoms. The van der Waals surface area contributed by atoms with Gasteiger partial charge in [-0.1, -0.05) is 27.7 Å². The highest BCUT2D eigenvalue weighted by Gasteiger charge is 2.25. The van der Waals surface area contributed by atoms with Crippen LogP contribution in [0.2, 0.25) is 0 Å². The highest BCUT2D eigenvalue weighted by Crippen LogP contribution is 2.29. The molecule has 0 radical (unpaired) electrons. The van der Waals surface area contributed by atoms with Crippen molar-refractivity contribution in [2.75, 3.05) is 0 Å². The van der Waals surface area contributed by atoms with Crippen LogP contribution >= 0.6 is 0 Å². The summed E-state index contributed by atoms with van der Waals surface area (Å²) in [5.74, 6) is 1.71. The fraction of sp³-hybridized carbons (Fsp3) is 1.00. The third kappa shape index (κ3) is 4.66. The number of ether oxygens (including phenoxy) is 1. The first-order valence-electron chi connectivity index (χ1n) is 5.75. The van der Waals surface area contributed by atoms with Gasteiger partial charge in [-0.05, 0) is 38.5 Å². The van der Waals surface area contributed by atoms with Crippen LogP contribution in [0, 0.1) is 11.8 Å². The van der Waals surface area contributed by atoms with Gasteiger partial charge >= 0.3 is 0 Å². The molecule has 1 fully saturated rings. The van der Waals surface area contributed by atoms with Crippen molar-refractivity contribution in [3.8, 4) is 0 Å². The van der Waals surface area contributed by atoms with E-state index < -0.39 is 0 Å². The Morgan fingerprint density at radius 2 is 1.38 bits per heavy atom. The van der Waals surface area contributed by atoms with Crippen molar-refractivity contribution in [3.63, 3.8) is 0 Å². The van der Waals surface area contributed by atoms with Crippen LogP contribution in [0.1, 0.15) is 54.4 Å². The van der Waals surface area contributed by atoms with E-state index in [1.54, 1.807) is 0 Å². The van der Waals surface area contributed by atoms with E-state index in [0.29, 0.717) is 12.2 Å². The number of hydrogen-bond acceptors (Lipinski definition) is 1. The highest BCUT2D eigenvalue weighted by molar-refractivity contribution is 4.75. The van der Waals surface area contributed by atoms with Crippen molar-refractivity contribution in [1.82, 2.24) is 0 Å². The molecule has 0 amide bonds. The van der Waals surface area contributed by atoms with Crippen LogP contribution in [0.3, 0.4) is 0 Å². The van der Waals surface area contributed by atoms with Crippen molar-refractivity contribution < 1.29 is 4.74 Å². The molecule has 1 heteroatoms. The molecule has 0 N–H and O–H groups in total. The van der Waals surface area contributed by atoms with Gasteiger partial charge in [-0.3, -0.25) is 0 Å². The molecule has 1 aliphatic heterocycles. The predicted octanol–water partition coefficient (Wildman–Crippen LogP) is 3.87. The zero-order valence-electron chi connectivity index (χ0n) is 10.1. The summed E-state index contributed by atoms with van der Waals surface area (Å²) in [5.41, 5.74) is 0. The van der Waals surface area contributed by atoms with Crippen molar-refractivity contribution in [2.24, 2.45) is 11.8 Å². The third-order valence-electron chi connectivity index (χ3n) is 2.68. The standard InChI is InChI=1S/C10H20O.C2H6/c1-7(2)10-5-8(3)11-9(4)6-10;1-2/h7-10H,5-6H2,1-4H3;1-2H3. The molecule has 0 saturated carbocycles. The average Bonchev–Trinajstić information content (AvgIpc) is 2.06. The molecule has 1 aliphatic rings. The average molecular weight is 186 g/mol. The minimum absolute atomic E-state index is 0.478. The Bertz CT molecular complexity index is 110. The summed E-state index contributed by atoms with van der Waals surface area (Å²) in [5, 5.41) is 0. The summed E-state index contributed by atoms with van der Waals surface area (Å²) in [6, 6.07) is 0. The normalized spacial score (nSPS) is 33.9. The summed E-state index contributed by atoms with van der Waals surface area (Å²) in [6.07, 6.45) is 3.46. The third-order valence-corrected chi connectivity index (χ3v) is 2.68. The van der Waals surface area contributed by atoms with Crippen molar-refractivity contribution in [1.29, 1.82) is 0 Å². The van der Waals surface area contributed by atoms with E-state index in [1.165, 1.54) is 12.8 Å². The van der Waals surface area contributed by atoms with Crippen LogP contribution in [-0.4, -0.2) is 12.2 Å². The maximum atomic E-state index is 5.67. The second kappa shape index (κ2) is 6.42. The van der Waals surface area contributed by atoms with Gasteiger partial charge in [-0.15, -0.1) is 0 Å². The molecular formula is C12H26O. The van der Waals surface area contributed by atoms with Crippen LogP contribution < -0.4 is 0 Å². The lowest BCUT2D eigenvalue weighted by Gasteiger charge is -2.34. The van der Waals surface area contributed by atoms with Gasteiger partial charge in [0.2, 0.25) is 0 Å². The Morgan fingerprint density at radius 1 is 1.00 bits per heavy atom. The maximum Gasteiger partial charge on any atom is 0.0553 e. The summed E-state index contributed by atoms with van der Waals surface area (Å²) in [6.45, 7) is 13.0. The van der Waals surface area contributed by atoms with Crippen LogP contribution in [0.5, 0.6) is 0 Å². The molecule has 13 heavy (non-hydrogen) atoms. The molecule has 0 aromatic rings. The number of hydrogen-bond donors (Lipinski definition) is 0. The van der Waals surface area contributed by atoms with E-state index in [2.05, 4.69) is 27.7 Å². The van der Waals surface area contributed by atoms with Gasteiger partial charge in [-0.25, -0.2) is 0 Å². The molecule has 1 heterocycles. The van der Waals surface area contributed by atoms with Gasteiger partial charge in [0.05, 0.1) is 12.2 Å². The monoisotopic (exact) mass is 186 g/mol. The minimum atomic E-state index is 0.478. The molecule has 2 atom stereocenters. The SMILES string of the molecule is CC.CC1CC(C(C)C)CC(C)O1. The number of rotatable bonds is 1. The zero-order valence-corrected chi connectivity index (χ0v) is 10.1. The first kappa shape index (κ1) is 13.0. The first-order chi connectivity index (χ1) is 6.09. The van der Waals surface area contributed by atoms with Crippen molar-refractivity contribution >= 4 is 0 Å². The molecule has 1 rings (SSSR count). The van der Waals surface area contributed by atoms with Gasteiger partial charge in [0.25, 0.3) is 0 Å². The van der Waals surface area contributed by atoms with E-state index in [1.807, 2.05) is 13.8 Å². The summed E-state index contributed by atoms with van der Waals surface area (Å²) in [4.78, 5) is 0. The summed E-state index contributed by atoms with van der Waals surface area (Å²) < 4.78 is 5.67. The van der Waals surface area contributed by atoms with Gasteiger partial charge in [0.15, 0.2) is 0 Å². The molecule has 80 valence electrons. The van der Waals surface area contributed by atoms with Crippen LogP contribution in [0.15, 0.2) is 0 Å². The molecule has 0 aliphatic carbocycles. The lowest BCUT2D eigenvalue weighted by molar-refractivity contribution is -0.0605. The first-order valence-corrected chi connectivity index (χ1v) is 5.75. The van der Waals surface area contributed by atoms with Gasteiger partial charge in [0.1, 0.15) is 0 Å². The zero-order chi connectivity index (χ0) is 10.4. The molecule has 0 aromatic carbocycles. The summed E-state index contributed by atoms with van der Waals surface area (Å²) >= 11 is 0. The second-order valence-corrected chi connectivity index (χ2v) is 4.23. The molecule has 0 bridgehead atoms. The lowest BCUT2D eigenvalue weighted by Crippen LogP contribution is -2.31. The van der Waals surface area contributed by atoms with Crippen molar-refractivity contribution in [3.05, 3.63) is 0 Å². The van der Waals surface area contributed by atoms with E-state index >= 15 is 0 Å². The second-order valence-electron chi connectivity index (χ2n) is 4.23. The van der Waals surface area contributed by atoms with Gasteiger partial charge < -0.3 is 4.74 Å². The minimum Gasteiger partial charge on any atom is -0.376 e. The van der Waals surface area contributed by atoms with E-state index in [0.717, 1.165) is 11.8 Å². The topological polar surface area (TPSA) is 9.23 Å². The van der Waals surface area contributed by atoms with Gasteiger partial charge in [0, 0.05) is 0 Å². The van der Waals surface area contributed by atoms with E-state index in [4.69, 9.17) is 4.74 Å². The quantitative estimate of drug-likeness (QED) is 0.604. The van der Waals surface area contributed by atoms with Crippen LogP contribution in [0.4, 0.5) is 0 Å². The predicted molar refractivity (Wildman–Crippen MR) is 58.9 cm³/mol. The van der Waals surface area contributed by atoms with Crippen LogP contribution in [-0.2, 0) is 4.74 Å². The lowest BCUT2D eigenvalue weighted by atomic mass is 9.84. The smallest absolute Gasteiger partial charge is 0.0553 e. The highest BCUT2D eigenvalue weighted by atomic mass is 16.5. The Hall–Kier alpha value is -0.0400. The van der Waals surface area contributed by atoms with E-state index in [9.17, 15) is 0 Å². The summed E-state index contributed by atoms with van der Waals surface area (Å²) in [7, 11) is 0. The fourth-order valence-electron chi connectivity index (χ4n) is 2.00.